The minimum Gasteiger partial charge on any atom is -0.394 e. The van der Waals surface area contributed by atoms with Crippen molar-refractivity contribution < 1.29 is 20.1 Å². The van der Waals surface area contributed by atoms with Gasteiger partial charge < -0.3 is 20.6 Å². The van der Waals surface area contributed by atoms with Crippen LogP contribution in [0.5, 0.6) is 0 Å². The van der Waals surface area contributed by atoms with Crippen LogP contribution >= 0.6 is 0 Å². The predicted octanol–water partition coefficient (Wildman–Crippen LogP) is 8.76. The molecule has 0 saturated carbocycles. The molecule has 3 atom stereocenters. The molecule has 5 nitrogen and oxygen atoms in total. The fourth-order valence-corrected chi connectivity index (χ4v) is 5.46. The molecule has 4 N–H and O–H groups in total. The van der Waals surface area contributed by atoms with Gasteiger partial charge in [-0.1, -0.05) is 168 Å². The van der Waals surface area contributed by atoms with Gasteiger partial charge >= 0.3 is 0 Å². The van der Waals surface area contributed by atoms with E-state index < -0.39 is 18.2 Å². The van der Waals surface area contributed by atoms with E-state index in [1.807, 2.05) is 0 Å². The molecular weight excluding hydrogens is 486 g/mol. The van der Waals surface area contributed by atoms with Gasteiger partial charge in [0, 0.05) is 0 Å². The highest BCUT2D eigenvalue weighted by molar-refractivity contribution is 5.76. The zero-order valence-corrected chi connectivity index (χ0v) is 26.3. The van der Waals surface area contributed by atoms with Gasteiger partial charge in [-0.25, -0.2) is 0 Å². The SMILES string of the molecule is CCCCCCCCCCCCCCCCCC(O)CC(=O)NC(CO)C(O)CCCCCCCCCCC. The smallest absolute Gasteiger partial charge is 0.222 e. The monoisotopic (exact) mass is 556 g/mol. The molecule has 39 heavy (non-hydrogen) atoms. The van der Waals surface area contributed by atoms with Crippen molar-refractivity contribution in [3.05, 3.63) is 0 Å². The first-order chi connectivity index (χ1) is 19.0. The van der Waals surface area contributed by atoms with E-state index in [2.05, 4.69) is 19.2 Å². The van der Waals surface area contributed by atoms with E-state index in [0.29, 0.717) is 12.8 Å². The second-order valence-electron chi connectivity index (χ2n) is 12.1. The molecule has 0 aliphatic heterocycles. The van der Waals surface area contributed by atoms with E-state index in [-0.39, 0.29) is 18.9 Å². The van der Waals surface area contributed by atoms with E-state index in [1.165, 1.54) is 128 Å². The molecule has 234 valence electrons. The second kappa shape index (κ2) is 30.3. The minimum atomic E-state index is -0.740. The molecular formula is C34H69NO4. The Hall–Kier alpha value is -0.650. The summed E-state index contributed by atoms with van der Waals surface area (Å²) in [5, 5.41) is 33.0. The Kier molecular flexibility index (Phi) is 29.8. The molecule has 1 amide bonds. The van der Waals surface area contributed by atoms with Crippen LogP contribution in [-0.4, -0.2) is 46.1 Å². The number of hydrogen-bond acceptors (Lipinski definition) is 4. The lowest BCUT2D eigenvalue weighted by Gasteiger charge is -2.23. The molecule has 0 saturated heterocycles. The summed E-state index contributed by atoms with van der Waals surface area (Å²) < 4.78 is 0. The van der Waals surface area contributed by atoms with Gasteiger partial charge in [0.1, 0.15) is 0 Å². The first-order valence-electron chi connectivity index (χ1n) is 17.3. The Balaban J connectivity index is 3.64. The largest absolute Gasteiger partial charge is 0.394 e. The zero-order valence-electron chi connectivity index (χ0n) is 26.3. The van der Waals surface area contributed by atoms with Gasteiger partial charge in [-0.05, 0) is 12.8 Å². The molecule has 0 bridgehead atoms. The Morgan fingerprint density at radius 2 is 0.872 bits per heavy atom. The van der Waals surface area contributed by atoms with Crippen molar-refractivity contribution in [2.24, 2.45) is 0 Å². The number of unbranched alkanes of at least 4 members (excludes halogenated alkanes) is 22. The summed E-state index contributed by atoms with van der Waals surface area (Å²) in [6, 6.07) is -0.649. The van der Waals surface area contributed by atoms with Crippen molar-refractivity contribution in [2.45, 2.75) is 205 Å². The highest BCUT2D eigenvalue weighted by atomic mass is 16.3. The van der Waals surface area contributed by atoms with Crippen LogP contribution < -0.4 is 5.32 Å². The Morgan fingerprint density at radius 1 is 0.538 bits per heavy atom. The van der Waals surface area contributed by atoms with Crippen LogP contribution in [0, 0.1) is 0 Å². The number of carbonyl (C=O) groups excluding carboxylic acids is 1. The quantitative estimate of drug-likeness (QED) is 0.0644. The van der Waals surface area contributed by atoms with E-state index >= 15 is 0 Å². The van der Waals surface area contributed by atoms with Gasteiger partial charge in [0.05, 0.1) is 31.3 Å². The normalized spacial score (nSPS) is 13.9. The van der Waals surface area contributed by atoms with Crippen molar-refractivity contribution in [3.63, 3.8) is 0 Å². The first-order valence-corrected chi connectivity index (χ1v) is 17.3. The summed E-state index contributed by atoms with van der Waals surface area (Å²) in [6.07, 6.45) is 30.5. The average Bonchev–Trinajstić information content (AvgIpc) is 2.92. The fourth-order valence-electron chi connectivity index (χ4n) is 5.46. The van der Waals surface area contributed by atoms with Crippen LogP contribution in [0.15, 0.2) is 0 Å². The Bertz CT molecular complexity index is 502. The standard InChI is InChI=1S/C34H69NO4/c1-3-5-7-9-11-13-14-15-16-17-18-20-21-23-25-27-31(37)29-34(39)35-32(30-36)33(38)28-26-24-22-19-12-10-8-6-4-2/h31-33,36-38H,3-30H2,1-2H3,(H,35,39). The highest BCUT2D eigenvalue weighted by Crippen LogP contribution is 2.15. The number of amides is 1. The van der Waals surface area contributed by atoms with Gasteiger partial charge in [0.15, 0.2) is 0 Å². The summed E-state index contributed by atoms with van der Waals surface area (Å²) in [5.74, 6) is -0.284. The number of aliphatic hydroxyl groups excluding tert-OH is 3. The minimum absolute atomic E-state index is 0.0415. The molecule has 0 aliphatic rings. The second-order valence-corrected chi connectivity index (χ2v) is 12.1. The number of aliphatic hydroxyl groups is 3. The van der Waals surface area contributed by atoms with Gasteiger partial charge in [-0.3, -0.25) is 4.79 Å². The molecule has 0 aromatic rings. The maximum Gasteiger partial charge on any atom is 0.222 e. The summed E-state index contributed by atoms with van der Waals surface area (Å²) in [7, 11) is 0. The molecule has 5 heteroatoms. The van der Waals surface area contributed by atoms with Crippen LogP contribution in [0.4, 0.5) is 0 Å². The van der Waals surface area contributed by atoms with Crippen LogP contribution in [0.3, 0.4) is 0 Å². The van der Waals surface area contributed by atoms with E-state index in [1.54, 1.807) is 0 Å². The van der Waals surface area contributed by atoms with Gasteiger partial charge in [-0.15, -0.1) is 0 Å². The molecule has 0 aliphatic carbocycles. The number of nitrogens with one attached hydrogen (secondary N) is 1. The third kappa shape index (κ3) is 27.3. The van der Waals surface area contributed by atoms with Crippen molar-refractivity contribution in [2.75, 3.05) is 6.61 Å². The molecule has 0 radical (unpaired) electrons. The maximum absolute atomic E-state index is 12.3. The summed E-state index contributed by atoms with van der Waals surface area (Å²) in [6.45, 7) is 4.23. The maximum atomic E-state index is 12.3. The van der Waals surface area contributed by atoms with Crippen LogP contribution in [0.2, 0.25) is 0 Å². The van der Waals surface area contributed by atoms with Crippen molar-refractivity contribution >= 4 is 5.91 Å². The fraction of sp³-hybridized carbons (Fsp3) is 0.971. The molecule has 0 rings (SSSR count). The number of carbonyl (C=O) groups is 1. The molecule has 3 unspecified atom stereocenters. The topological polar surface area (TPSA) is 89.8 Å². The molecule has 0 aromatic carbocycles. The Morgan fingerprint density at radius 3 is 1.23 bits per heavy atom. The summed E-state index contributed by atoms with van der Waals surface area (Å²) in [5.41, 5.74) is 0. The first kappa shape index (κ1) is 38.4. The van der Waals surface area contributed by atoms with Crippen LogP contribution in [0.1, 0.15) is 187 Å². The Labute approximate surface area is 243 Å². The third-order valence-corrected chi connectivity index (χ3v) is 8.17. The molecule has 0 aromatic heterocycles. The van der Waals surface area contributed by atoms with Crippen molar-refractivity contribution in [1.29, 1.82) is 0 Å². The summed E-state index contributed by atoms with van der Waals surface area (Å²) in [4.78, 5) is 12.3. The lowest BCUT2D eigenvalue weighted by atomic mass is 10.0. The lowest BCUT2D eigenvalue weighted by Crippen LogP contribution is -2.46. The van der Waals surface area contributed by atoms with Gasteiger partial charge in [0.25, 0.3) is 0 Å². The summed E-state index contributed by atoms with van der Waals surface area (Å²) >= 11 is 0. The van der Waals surface area contributed by atoms with Crippen LogP contribution in [-0.2, 0) is 4.79 Å². The van der Waals surface area contributed by atoms with E-state index in [0.717, 1.165) is 25.7 Å². The molecule has 0 spiro atoms. The number of rotatable bonds is 31. The van der Waals surface area contributed by atoms with Crippen LogP contribution in [0.25, 0.3) is 0 Å². The average molecular weight is 556 g/mol. The van der Waals surface area contributed by atoms with Crippen molar-refractivity contribution in [1.82, 2.24) is 5.32 Å². The predicted molar refractivity (Wildman–Crippen MR) is 167 cm³/mol. The number of hydrogen-bond donors (Lipinski definition) is 4. The van der Waals surface area contributed by atoms with Gasteiger partial charge in [-0.2, -0.15) is 0 Å². The zero-order chi connectivity index (χ0) is 28.8. The van der Waals surface area contributed by atoms with E-state index in [9.17, 15) is 20.1 Å². The van der Waals surface area contributed by atoms with Crippen molar-refractivity contribution in [3.8, 4) is 0 Å². The molecule has 0 heterocycles. The lowest BCUT2D eigenvalue weighted by molar-refractivity contribution is -0.125. The highest BCUT2D eigenvalue weighted by Gasteiger charge is 2.21. The molecule has 0 fully saturated rings. The van der Waals surface area contributed by atoms with Gasteiger partial charge in [0.2, 0.25) is 5.91 Å². The third-order valence-electron chi connectivity index (χ3n) is 8.17. The van der Waals surface area contributed by atoms with E-state index in [4.69, 9.17) is 0 Å².